The molecule has 3 nitrogen and oxygen atoms in total. The van der Waals surface area contributed by atoms with Gasteiger partial charge in [-0.25, -0.2) is 0 Å². The Hall–Kier alpha value is -1.35. The van der Waals surface area contributed by atoms with E-state index in [2.05, 4.69) is 30.9 Å². The van der Waals surface area contributed by atoms with Crippen molar-refractivity contribution in [3.63, 3.8) is 0 Å². The topological polar surface area (TPSA) is 29.5 Å². The van der Waals surface area contributed by atoms with Gasteiger partial charge in [0, 0.05) is 6.54 Å². The molecule has 0 aliphatic carbocycles. The molecular weight excluding hydrogens is 238 g/mol. The zero-order valence-corrected chi connectivity index (χ0v) is 12.3. The third-order valence-corrected chi connectivity index (χ3v) is 3.20. The molecule has 1 aromatic carbocycles. The first-order chi connectivity index (χ1) is 9.22. The molecule has 0 bridgehead atoms. The van der Waals surface area contributed by atoms with E-state index in [1.165, 1.54) is 5.56 Å². The summed E-state index contributed by atoms with van der Waals surface area (Å²) < 4.78 is 5.20. The fourth-order valence-corrected chi connectivity index (χ4v) is 2.22. The number of hydrogen-bond acceptors (Lipinski definition) is 3. The van der Waals surface area contributed by atoms with E-state index < -0.39 is 0 Å². The van der Waals surface area contributed by atoms with Gasteiger partial charge >= 0.3 is 5.97 Å². The van der Waals surface area contributed by atoms with Crippen LogP contribution in [-0.2, 0) is 16.1 Å². The molecule has 0 aromatic heterocycles. The van der Waals surface area contributed by atoms with Crippen LogP contribution in [-0.4, -0.2) is 30.1 Å². The SMILES string of the molecule is CCCC(C(=O)OCC)N(CC)Cc1ccccc1. The van der Waals surface area contributed by atoms with Crippen molar-refractivity contribution in [3.05, 3.63) is 35.9 Å². The minimum Gasteiger partial charge on any atom is -0.465 e. The highest BCUT2D eigenvalue weighted by molar-refractivity contribution is 5.75. The largest absolute Gasteiger partial charge is 0.465 e. The van der Waals surface area contributed by atoms with Gasteiger partial charge in [-0.05, 0) is 25.5 Å². The molecule has 0 radical (unpaired) electrons. The summed E-state index contributed by atoms with van der Waals surface area (Å²) in [6.45, 7) is 8.13. The molecule has 1 aromatic rings. The lowest BCUT2D eigenvalue weighted by Crippen LogP contribution is -2.41. The minimum absolute atomic E-state index is 0.0952. The Morgan fingerprint density at radius 2 is 1.89 bits per heavy atom. The van der Waals surface area contributed by atoms with E-state index in [1.54, 1.807) is 0 Å². The second-order valence-corrected chi connectivity index (χ2v) is 4.61. The molecule has 0 aliphatic heterocycles. The fraction of sp³-hybridized carbons (Fsp3) is 0.562. The number of carbonyl (C=O) groups excluding carboxylic acids is 1. The smallest absolute Gasteiger partial charge is 0.323 e. The summed E-state index contributed by atoms with van der Waals surface area (Å²) in [5.74, 6) is -0.0952. The molecule has 106 valence electrons. The summed E-state index contributed by atoms with van der Waals surface area (Å²) in [6.07, 6.45) is 1.83. The van der Waals surface area contributed by atoms with Crippen LogP contribution in [0.5, 0.6) is 0 Å². The number of hydrogen-bond donors (Lipinski definition) is 0. The Morgan fingerprint density at radius 1 is 1.21 bits per heavy atom. The molecule has 1 unspecified atom stereocenters. The van der Waals surface area contributed by atoms with Crippen molar-refractivity contribution < 1.29 is 9.53 Å². The Balaban J connectivity index is 2.75. The Bertz CT molecular complexity index is 364. The molecule has 0 amide bonds. The van der Waals surface area contributed by atoms with Crippen LogP contribution in [0.3, 0.4) is 0 Å². The molecule has 0 aliphatic rings. The first-order valence-electron chi connectivity index (χ1n) is 7.17. The van der Waals surface area contributed by atoms with Gasteiger partial charge in [0.2, 0.25) is 0 Å². The molecule has 0 saturated carbocycles. The van der Waals surface area contributed by atoms with Crippen LogP contribution in [0, 0.1) is 0 Å². The van der Waals surface area contributed by atoms with Crippen LogP contribution >= 0.6 is 0 Å². The summed E-state index contributed by atoms with van der Waals surface area (Å²) in [6, 6.07) is 10.1. The van der Waals surface area contributed by atoms with Gasteiger partial charge in [0.1, 0.15) is 6.04 Å². The number of rotatable bonds is 8. The van der Waals surface area contributed by atoms with E-state index >= 15 is 0 Å². The predicted molar refractivity (Wildman–Crippen MR) is 77.9 cm³/mol. The van der Waals surface area contributed by atoms with Gasteiger partial charge in [-0.15, -0.1) is 0 Å². The molecular formula is C16H25NO2. The summed E-state index contributed by atoms with van der Waals surface area (Å²) in [5, 5.41) is 0. The maximum absolute atomic E-state index is 12.1. The summed E-state index contributed by atoms with van der Waals surface area (Å²) in [7, 11) is 0. The zero-order chi connectivity index (χ0) is 14.1. The number of likely N-dealkylation sites (N-methyl/N-ethyl adjacent to an activating group) is 1. The molecule has 19 heavy (non-hydrogen) atoms. The maximum Gasteiger partial charge on any atom is 0.323 e. The molecule has 0 heterocycles. The highest BCUT2D eigenvalue weighted by atomic mass is 16.5. The van der Waals surface area contributed by atoms with Gasteiger partial charge in [-0.2, -0.15) is 0 Å². The van der Waals surface area contributed by atoms with E-state index in [0.29, 0.717) is 6.61 Å². The lowest BCUT2D eigenvalue weighted by Gasteiger charge is -2.28. The van der Waals surface area contributed by atoms with Gasteiger partial charge in [0.05, 0.1) is 6.61 Å². The molecule has 0 fully saturated rings. The normalized spacial score (nSPS) is 12.4. The standard InChI is InChI=1S/C16H25NO2/c1-4-10-15(16(18)19-6-3)17(5-2)13-14-11-8-7-9-12-14/h7-9,11-12,15H,4-6,10,13H2,1-3H3. The van der Waals surface area contributed by atoms with Gasteiger partial charge in [-0.3, -0.25) is 9.69 Å². The number of nitrogens with zero attached hydrogens (tertiary/aromatic N) is 1. The van der Waals surface area contributed by atoms with Crippen molar-refractivity contribution in [1.82, 2.24) is 4.90 Å². The van der Waals surface area contributed by atoms with Crippen LogP contribution in [0.15, 0.2) is 30.3 Å². The molecule has 1 atom stereocenters. The highest BCUT2D eigenvalue weighted by Gasteiger charge is 2.25. The third-order valence-electron chi connectivity index (χ3n) is 3.20. The quantitative estimate of drug-likeness (QED) is 0.674. The number of esters is 1. The molecule has 3 heteroatoms. The van der Waals surface area contributed by atoms with Crippen molar-refractivity contribution in [2.45, 2.75) is 46.2 Å². The first-order valence-corrected chi connectivity index (χ1v) is 7.17. The minimum atomic E-state index is -0.129. The van der Waals surface area contributed by atoms with Crippen LogP contribution in [0.4, 0.5) is 0 Å². The number of ether oxygens (including phenoxy) is 1. The summed E-state index contributed by atoms with van der Waals surface area (Å²) in [5.41, 5.74) is 1.23. The van der Waals surface area contributed by atoms with Crippen molar-refractivity contribution in [1.29, 1.82) is 0 Å². The van der Waals surface area contributed by atoms with Crippen molar-refractivity contribution in [2.75, 3.05) is 13.2 Å². The monoisotopic (exact) mass is 263 g/mol. The predicted octanol–water partition coefficient (Wildman–Crippen LogP) is 3.24. The maximum atomic E-state index is 12.1. The molecule has 1 rings (SSSR count). The molecule has 0 N–H and O–H groups in total. The highest BCUT2D eigenvalue weighted by Crippen LogP contribution is 2.13. The Morgan fingerprint density at radius 3 is 2.42 bits per heavy atom. The second kappa shape index (κ2) is 8.70. The molecule has 0 spiro atoms. The lowest BCUT2D eigenvalue weighted by atomic mass is 10.1. The van der Waals surface area contributed by atoms with Gasteiger partial charge in [-0.1, -0.05) is 50.6 Å². The zero-order valence-electron chi connectivity index (χ0n) is 12.3. The number of benzene rings is 1. The summed E-state index contributed by atoms with van der Waals surface area (Å²) >= 11 is 0. The van der Waals surface area contributed by atoms with Gasteiger partial charge in [0.25, 0.3) is 0 Å². The van der Waals surface area contributed by atoms with E-state index in [9.17, 15) is 4.79 Å². The average Bonchev–Trinajstić information content (AvgIpc) is 2.44. The first kappa shape index (κ1) is 15.7. The fourth-order valence-electron chi connectivity index (χ4n) is 2.22. The molecule has 0 saturated heterocycles. The average molecular weight is 263 g/mol. The van der Waals surface area contributed by atoms with Crippen LogP contribution in [0.2, 0.25) is 0 Å². The van der Waals surface area contributed by atoms with E-state index in [4.69, 9.17) is 4.74 Å². The summed E-state index contributed by atoms with van der Waals surface area (Å²) in [4.78, 5) is 14.3. The van der Waals surface area contributed by atoms with Crippen molar-refractivity contribution in [2.24, 2.45) is 0 Å². The van der Waals surface area contributed by atoms with Crippen LogP contribution < -0.4 is 0 Å². The van der Waals surface area contributed by atoms with Crippen molar-refractivity contribution >= 4 is 5.97 Å². The van der Waals surface area contributed by atoms with Crippen molar-refractivity contribution in [3.8, 4) is 0 Å². The van der Waals surface area contributed by atoms with E-state index in [-0.39, 0.29) is 12.0 Å². The third kappa shape index (κ3) is 5.03. The second-order valence-electron chi connectivity index (χ2n) is 4.61. The Labute approximate surface area is 116 Å². The van der Waals surface area contributed by atoms with Gasteiger partial charge < -0.3 is 4.74 Å². The lowest BCUT2D eigenvalue weighted by molar-refractivity contribution is -0.150. The van der Waals surface area contributed by atoms with Crippen LogP contribution in [0.1, 0.15) is 39.2 Å². The van der Waals surface area contributed by atoms with E-state index in [0.717, 1.165) is 25.9 Å². The number of carbonyl (C=O) groups is 1. The Kier molecular flexibility index (Phi) is 7.19. The van der Waals surface area contributed by atoms with Crippen LogP contribution in [0.25, 0.3) is 0 Å². The van der Waals surface area contributed by atoms with Gasteiger partial charge in [0.15, 0.2) is 0 Å². The van der Waals surface area contributed by atoms with E-state index in [1.807, 2.05) is 25.1 Å².